The van der Waals surface area contributed by atoms with Gasteiger partial charge in [0.2, 0.25) is 5.91 Å². The number of anilines is 2. The summed E-state index contributed by atoms with van der Waals surface area (Å²) in [5, 5.41) is 11.9. The predicted octanol–water partition coefficient (Wildman–Crippen LogP) is 5.01. The smallest absolute Gasteiger partial charge is 0.304 e. The predicted molar refractivity (Wildman–Crippen MR) is 153 cm³/mol. The summed E-state index contributed by atoms with van der Waals surface area (Å²) in [5.74, 6) is -1.02. The molecule has 2 aromatic heterocycles. The summed E-state index contributed by atoms with van der Waals surface area (Å²) in [4.78, 5) is 38.1. The van der Waals surface area contributed by atoms with Crippen LogP contribution in [0.3, 0.4) is 0 Å². The van der Waals surface area contributed by atoms with Crippen molar-refractivity contribution in [2.45, 2.75) is 12.8 Å². The Morgan fingerprint density at radius 1 is 1.03 bits per heavy atom. The first kappa shape index (κ1) is 26.5. The van der Waals surface area contributed by atoms with Crippen molar-refractivity contribution in [3.8, 4) is 22.4 Å². The van der Waals surface area contributed by atoms with Crippen molar-refractivity contribution in [1.29, 1.82) is 0 Å². The van der Waals surface area contributed by atoms with Crippen LogP contribution in [-0.2, 0) is 20.7 Å². The lowest BCUT2D eigenvalue weighted by molar-refractivity contribution is -0.140. The Labute approximate surface area is 231 Å². The summed E-state index contributed by atoms with van der Waals surface area (Å²) < 4.78 is 5.44. The molecule has 1 N–H and O–H groups in total. The third-order valence-corrected chi connectivity index (χ3v) is 7.72. The van der Waals surface area contributed by atoms with Crippen LogP contribution in [0.2, 0.25) is 0 Å². The third-order valence-electron chi connectivity index (χ3n) is 6.80. The highest BCUT2D eigenvalue weighted by Gasteiger charge is 2.27. The number of pyridine rings is 1. The van der Waals surface area contributed by atoms with Crippen molar-refractivity contribution in [2.75, 3.05) is 43.2 Å². The second-order valence-corrected chi connectivity index (χ2v) is 10.3. The lowest BCUT2D eigenvalue weighted by atomic mass is 9.95. The molecule has 0 bridgehead atoms. The molecule has 1 unspecified atom stereocenters. The topological polar surface area (TPSA) is 95.9 Å². The van der Waals surface area contributed by atoms with E-state index in [0.29, 0.717) is 24.8 Å². The molecule has 0 saturated carbocycles. The SMILES string of the molecule is CN(C(=O)C(CC(=O)O)Cc1ccccc1)c1nc(-c2ccccc2-c2ccc(N3CCOCC3)nc2)cs1. The molecule has 1 aliphatic rings. The maximum absolute atomic E-state index is 13.4. The van der Waals surface area contributed by atoms with E-state index in [-0.39, 0.29) is 12.3 Å². The number of carboxylic acids is 1. The summed E-state index contributed by atoms with van der Waals surface area (Å²) in [5.41, 5.74) is 4.59. The molecule has 1 saturated heterocycles. The van der Waals surface area contributed by atoms with Gasteiger partial charge in [-0.1, -0.05) is 54.6 Å². The monoisotopic (exact) mass is 542 g/mol. The molecule has 39 heavy (non-hydrogen) atoms. The number of carboxylic acid groups (broad SMARTS) is 1. The second-order valence-electron chi connectivity index (χ2n) is 9.45. The molecular weight excluding hydrogens is 512 g/mol. The molecule has 1 amide bonds. The zero-order chi connectivity index (χ0) is 27.2. The molecule has 0 aliphatic carbocycles. The van der Waals surface area contributed by atoms with Gasteiger partial charge in [0.05, 0.1) is 31.2 Å². The van der Waals surface area contributed by atoms with E-state index >= 15 is 0 Å². The second kappa shape index (κ2) is 12.2. The number of nitrogens with zero attached hydrogens (tertiary/aromatic N) is 4. The lowest BCUT2D eigenvalue weighted by Crippen LogP contribution is -2.36. The molecule has 9 heteroatoms. The van der Waals surface area contributed by atoms with Crippen molar-refractivity contribution in [2.24, 2.45) is 5.92 Å². The Morgan fingerprint density at radius 2 is 1.74 bits per heavy atom. The number of thiazole rings is 1. The van der Waals surface area contributed by atoms with E-state index in [1.807, 2.05) is 72.2 Å². The highest BCUT2D eigenvalue weighted by Crippen LogP contribution is 2.35. The molecule has 8 nitrogen and oxygen atoms in total. The van der Waals surface area contributed by atoms with Gasteiger partial charge in [0.25, 0.3) is 0 Å². The van der Waals surface area contributed by atoms with Crippen LogP contribution in [-0.4, -0.2) is 60.3 Å². The van der Waals surface area contributed by atoms with Crippen molar-refractivity contribution in [1.82, 2.24) is 9.97 Å². The van der Waals surface area contributed by atoms with Gasteiger partial charge in [-0.3, -0.25) is 14.5 Å². The summed E-state index contributed by atoms with van der Waals surface area (Å²) >= 11 is 1.36. The number of carbonyl (C=O) groups is 2. The fourth-order valence-corrected chi connectivity index (χ4v) is 5.55. The normalized spacial score (nSPS) is 14.1. The average Bonchev–Trinajstić information content (AvgIpc) is 3.47. The van der Waals surface area contributed by atoms with Gasteiger partial charge >= 0.3 is 5.97 Å². The van der Waals surface area contributed by atoms with Crippen LogP contribution in [0, 0.1) is 5.92 Å². The van der Waals surface area contributed by atoms with Crippen LogP contribution in [0.15, 0.2) is 78.3 Å². The Bertz CT molecular complexity index is 1420. The van der Waals surface area contributed by atoms with Gasteiger partial charge in [-0.05, 0) is 29.7 Å². The molecular formula is C30H30N4O4S. The van der Waals surface area contributed by atoms with E-state index in [1.54, 1.807) is 7.05 Å². The van der Waals surface area contributed by atoms with Gasteiger partial charge in [-0.15, -0.1) is 11.3 Å². The Kier molecular flexibility index (Phi) is 8.29. The van der Waals surface area contributed by atoms with E-state index in [1.165, 1.54) is 16.2 Å². The first-order valence-corrected chi connectivity index (χ1v) is 13.7. The quantitative estimate of drug-likeness (QED) is 0.318. The Balaban J connectivity index is 1.36. The number of amides is 1. The number of morpholine rings is 1. The maximum atomic E-state index is 13.4. The van der Waals surface area contributed by atoms with Crippen LogP contribution >= 0.6 is 11.3 Å². The Morgan fingerprint density at radius 3 is 2.44 bits per heavy atom. The number of rotatable bonds is 9. The highest BCUT2D eigenvalue weighted by molar-refractivity contribution is 7.14. The Hall–Kier alpha value is -4.08. The van der Waals surface area contributed by atoms with Crippen molar-refractivity contribution in [3.05, 3.63) is 83.9 Å². The zero-order valence-electron chi connectivity index (χ0n) is 21.7. The summed E-state index contributed by atoms with van der Waals surface area (Å²) in [6, 6.07) is 21.6. The number of carbonyl (C=O) groups excluding carboxylic acids is 1. The minimum atomic E-state index is -1.00. The van der Waals surface area contributed by atoms with E-state index < -0.39 is 11.9 Å². The largest absolute Gasteiger partial charge is 0.481 e. The van der Waals surface area contributed by atoms with Gasteiger partial charge < -0.3 is 14.7 Å². The molecule has 1 atom stereocenters. The molecule has 0 radical (unpaired) electrons. The first-order valence-electron chi connectivity index (χ1n) is 12.9. The fraction of sp³-hybridized carbons (Fsp3) is 0.267. The lowest BCUT2D eigenvalue weighted by Gasteiger charge is -2.27. The highest BCUT2D eigenvalue weighted by atomic mass is 32.1. The standard InChI is InChI=1S/C30H30N4O4S/c1-33(29(37)23(18-28(35)36)17-21-7-3-2-4-8-21)30-32-26(20-39-30)25-10-6-5-9-24(25)22-11-12-27(31-19-22)34-13-15-38-16-14-34/h2-12,19-20,23H,13-18H2,1H3,(H,35,36). The minimum Gasteiger partial charge on any atom is -0.481 e. The number of aliphatic carboxylic acids is 1. The van der Waals surface area contributed by atoms with Crippen LogP contribution in [0.5, 0.6) is 0 Å². The van der Waals surface area contributed by atoms with Gasteiger partial charge in [0.1, 0.15) is 5.82 Å². The number of benzene rings is 2. The van der Waals surface area contributed by atoms with Gasteiger partial charge in [0.15, 0.2) is 5.13 Å². The van der Waals surface area contributed by atoms with E-state index in [9.17, 15) is 14.7 Å². The zero-order valence-corrected chi connectivity index (χ0v) is 22.5. The van der Waals surface area contributed by atoms with Gasteiger partial charge in [0, 0.05) is 42.8 Å². The molecule has 1 fully saturated rings. The van der Waals surface area contributed by atoms with Crippen LogP contribution in [0.1, 0.15) is 12.0 Å². The van der Waals surface area contributed by atoms with Crippen LogP contribution in [0.4, 0.5) is 10.9 Å². The molecule has 3 heterocycles. The fourth-order valence-electron chi connectivity index (χ4n) is 4.75. The van der Waals surface area contributed by atoms with Gasteiger partial charge in [-0.2, -0.15) is 0 Å². The maximum Gasteiger partial charge on any atom is 0.304 e. The average molecular weight is 543 g/mol. The van der Waals surface area contributed by atoms with Gasteiger partial charge in [-0.25, -0.2) is 9.97 Å². The number of hydrogen-bond donors (Lipinski definition) is 1. The molecule has 200 valence electrons. The summed E-state index contributed by atoms with van der Waals surface area (Å²) in [6.45, 7) is 3.07. The van der Waals surface area contributed by atoms with E-state index in [4.69, 9.17) is 14.7 Å². The molecule has 5 rings (SSSR count). The number of ether oxygens (including phenoxy) is 1. The molecule has 4 aromatic rings. The third kappa shape index (κ3) is 6.32. The minimum absolute atomic E-state index is 0.243. The molecule has 2 aromatic carbocycles. The van der Waals surface area contributed by atoms with E-state index in [0.717, 1.165) is 46.9 Å². The van der Waals surface area contributed by atoms with Crippen molar-refractivity contribution < 1.29 is 19.4 Å². The first-order chi connectivity index (χ1) is 19.0. The summed E-state index contributed by atoms with van der Waals surface area (Å²) in [6.07, 6.45) is 1.99. The van der Waals surface area contributed by atoms with E-state index in [2.05, 4.69) is 11.0 Å². The van der Waals surface area contributed by atoms with Crippen molar-refractivity contribution in [3.63, 3.8) is 0 Å². The summed E-state index contributed by atoms with van der Waals surface area (Å²) in [7, 11) is 1.66. The van der Waals surface area contributed by atoms with Crippen LogP contribution < -0.4 is 9.80 Å². The van der Waals surface area contributed by atoms with Crippen LogP contribution in [0.25, 0.3) is 22.4 Å². The molecule has 0 spiro atoms. The van der Waals surface area contributed by atoms with Crippen molar-refractivity contribution >= 4 is 34.2 Å². The number of hydrogen-bond acceptors (Lipinski definition) is 7. The molecule has 1 aliphatic heterocycles. The number of aromatic nitrogens is 2.